The Kier molecular flexibility index (Phi) is 45.8. The molecule has 0 aromatic rings. The van der Waals surface area contributed by atoms with E-state index in [1.54, 1.807) is 21.0 Å². The van der Waals surface area contributed by atoms with Crippen molar-refractivity contribution in [1.82, 2.24) is 10.6 Å². The highest BCUT2D eigenvalue weighted by atomic mass is 16.5. The van der Waals surface area contributed by atoms with Crippen molar-refractivity contribution in [3.05, 3.63) is 0 Å². The standard InChI is InChI=1S/C30H54O8.C18H34N2O5/c1-37-23-24-38-22-16-18-27(31)21-20-26(30(35)36)25-28(32)17-14-12-10-8-6-4-2-3-5-7-9-11-13-15-19-29(33)34;1-4-16(15(3)21)8-6-7-9-19-18(23)14-25-13-12-24-11-10-20-17(22)5-2/h26H,2-25H2,1H3,(H,33,34)(H,35,36);16H,4-14H2,1-3H3,(H,19,23)(H,20,22)/t26-;16-/m10/s1. The topological polar surface area (TPSA) is 221 Å². The van der Waals surface area contributed by atoms with Gasteiger partial charge in [0.1, 0.15) is 24.0 Å². The fraction of sp³-hybridized carbons (Fsp3) is 0.854. The summed E-state index contributed by atoms with van der Waals surface area (Å²) >= 11 is 0. The molecule has 0 heterocycles. The van der Waals surface area contributed by atoms with Gasteiger partial charge in [-0.1, -0.05) is 97.3 Å². The van der Waals surface area contributed by atoms with Crippen LogP contribution in [0.1, 0.15) is 188 Å². The van der Waals surface area contributed by atoms with Gasteiger partial charge in [-0.25, -0.2) is 0 Å². The van der Waals surface area contributed by atoms with E-state index in [2.05, 4.69) is 10.6 Å². The molecule has 2 atom stereocenters. The number of ketones is 3. The Morgan fingerprint density at radius 3 is 1.56 bits per heavy atom. The lowest BCUT2D eigenvalue weighted by molar-refractivity contribution is -0.144. The number of nitrogens with one attached hydrogen (secondary N) is 2. The number of hydrogen-bond acceptors (Lipinski definition) is 11. The molecule has 0 radical (unpaired) electrons. The fourth-order valence-electron chi connectivity index (χ4n) is 6.75. The molecule has 368 valence electrons. The molecule has 15 heteroatoms. The minimum Gasteiger partial charge on any atom is -0.481 e. The Balaban J connectivity index is 0. The summed E-state index contributed by atoms with van der Waals surface area (Å²) in [6.07, 6.45) is 21.9. The van der Waals surface area contributed by atoms with E-state index in [1.165, 1.54) is 51.4 Å². The highest BCUT2D eigenvalue weighted by molar-refractivity contribution is 5.84. The Morgan fingerprint density at radius 1 is 0.492 bits per heavy atom. The molecule has 0 unspecified atom stereocenters. The van der Waals surface area contributed by atoms with Crippen molar-refractivity contribution in [2.45, 2.75) is 188 Å². The van der Waals surface area contributed by atoms with Crippen LogP contribution in [-0.4, -0.2) is 118 Å². The van der Waals surface area contributed by atoms with Gasteiger partial charge in [-0.2, -0.15) is 0 Å². The van der Waals surface area contributed by atoms with Gasteiger partial charge in [0.2, 0.25) is 11.8 Å². The van der Waals surface area contributed by atoms with E-state index in [9.17, 15) is 38.7 Å². The molecule has 0 aliphatic rings. The number of unbranched alkanes of at least 4 members (excludes halogenated alkanes) is 14. The third kappa shape index (κ3) is 46.5. The van der Waals surface area contributed by atoms with Crippen LogP contribution in [0.25, 0.3) is 0 Å². The lowest BCUT2D eigenvalue weighted by Gasteiger charge is -2.11. The van der Waals surface area contributed by atoms with Gasteiger partial charge in [-0.05, 0) is 51.9 Å². The number of Topliss-reactive ketones (excluding diaryl/α,β-unsaturated/α-hetero) is 3. The van der Waals surface area contributed by atoms with Crippen molar-refractivity contribution in [3.63, 3.8) is 0 Å². The van der Waals surface area contributed by atoms with E-state index in [0.29, 0.717) is 84.8 Å². The smallest absolute Gasteiger partial charge is 0.306 e. The zero-order valence-corrected chi connectivity index (χ0v) is 39.8. The molecule has 2 amide bonds. The number of aliphatic carboxylic acids is 2. The van der Waals surface area contributed by atoms with Crippen molar-refractivity contribution in [2.24, 2.45) is 11.8 Å². The van der Waals surface area contributed by atoms with Crippen LogP contribution in [0.4, 0.5) is 0 Å². The van der Waals surface area contributed by atoms with Gasteiger partial charge in [-0.3, -0.25) is 33.6 Å². The van der Waals surface area contributed by atoms with E-state index in [4.69, 9.17) is 24.1 Å². The third-order valence-electron chi connectivity index (χ3n) is 10.7. The molecule has 0 aliphatic heterocycles. The lowest BCUT2D eigenvalue weighted by Crippen LogP contribution is -2.29. The molecule has 0 rings (SSSR count). The normalized spacial score (nSPS) is 11.9. The summed E-state index contributed by atoms with van der Waals surface area (Å²) in [7, 11) is 1.60. The van der Waals surface area contributed by atoms with Gasteiger partial charge in [0.15, 0.2) is 0 Å². The quantitative estimate of drug-likeness (QED) is 0.0424. The van der Waals surface area contributed by atoms with Crippen molar-refractivity contribution >= 4 is 41.1 Å². The van der Waals surface area contributed by atoms with Gasteiger partial charge in [0.25, 0.3) is 0 Å². The largest absolute Gasteiger partial charge is 0.481 e. The molecule has 0 bridgehead atoms. The molecule has 0 aliphatic carbocycles. The maximum atomic E-state index is 12.3. The summed E-state index contributed by atoms with van der Waals surface area (Å²) < 4.78 is 20.7. The molecular weight excluding hydrogens is 813 g/mol. The number of rotatable bonds is 46. The number of carbonyl (C=O) groups is 7. The highest BCUT2D eigenvalue weighted by Crippen LogP contribution is 2.18. The Morgan fingerprint density at radius 2 is 1.02 bits per heavy atom. The van der Waals surface area contributed by atoms with Crippen LogP contribution in [0, 0.1) is 11.8 Å². The van der Waals surface area contributed by atoms with Crippen molar-refractivity contribution in [1.29, 1.82) is 0 Å². The first-order chi connectivity index (χ1) is 30.4. The van der Waals surface area contributed by atoms with Crippen molar-refractivity contribution in [3.8, 4) is 0 Å². The third-order valence-corrected chi connectivity index (χ3v) is 10.7. The molecule has 0 aromatic heterocycles. The summed E-state index contributed by atoms with van der Waals surface area (Å²) in [6.45, 7) is 9.21. The number of amides is 2. The second-order valence-electron chi connectivity index (χ2n) is 16.3. The van der Waals surface area contributed by atoms with Gasteiger partial charge in [-0.15, -0.1) is 0 Å². The Labute approximate surface area is 379 Å². The predicted octanol–water partition coefficient (Wildman–Crippen LogP) is 8.21. The monoisotopic (exact) mass is 901 g/mol. The molecule has 0 aromatic carbocycles. The predicted molar refractivity (Wildman–Crippen MR) is 245 cm³/mol. The maximum Gasteiger partial charge on any atom is 0.306 e. The fourth-order valence-corrected chi connectivity index (χ4v) is 6.75. The number of carboxylic acid groups (broad SMARTS) is 2. The van der Waals surface area contributed by atoms with E-state index in [-0.39, 0.29) is 61.0 Å². The minimum atomic E-state index is -0.996. The van der Waals surface area contributed by atoms with E-state index in [1.807, 2.05) is 6.92 Å². The van der Waals surface area contributed by atoms with Gasteiger partial charge < -0.3 is 39.8 Å². The van der Waals surface area contributed by atoms with E-state index < -0.39 is 17.9 Å². The minimum absolute atomic E-state index is 0.00281. The second-order valence-corrected chi connectivity index (χ2v) is 16.3. The van der Waals surface area contributed by atoms with Crippen LogP contribution in [-0.2, 0) is 52.5 Å². The number of hydrogen-bond donors (Lipinski definition) is 4. The van der Waals surface area contributed by atoms with Crippen LogP contribution in [0.3, 0.4) is 0 Å². The molecule has 0 spiro atoms. The van der Waals surface area contributed by atoms with Crippen LogP contribution in [0.5, 0.6) is 0 Å². The molecule has 4 N–H and O–H groups in total. The van der Waals surface area contributed by atoms with Crippen LogP contribution >= 0.6 is 0 Å². The number of carbonyl (C=O) groups excluding carboxylic acids is 5. The molecular formula is C48H88N2O13. The molecule has 63 heavy (non-hydrogen) atoms. The SMILES string of the molecule is CCC(=O)NCCOCCOCC(=O)NCCCC[C@H](CC)C(C)=O.COCCOCCCC(=O)CC[C@H](CC(=O)CCCCCCCCCCCCCCCCC(=O)O)C(=O)O. The zero-order chi connectivity index (χ0) is 47.2. The average Bonchev–Trinajstić information content (AvgIpc) is 3.25. The summed E-state index contributed by atoms with van der Waals surface area (Å²) in [4.78, 5) is 80.1. The number of ether oxygens (including phenoxy) is 4. The second kappa shape index (κ2) is 46.7. The number of carboxylic acids is 2. The van der Waals surface area contributed by atoms with Crippen LogP contribution in [0.2, 0.25) is 0 Å². The van der Waals surface area contributed by atoms with E-state index in [0.717, 1.165) is 64.2 Å². The average molecular weight is 901 g/mol. The Bertz CT molecular complexity index is 1180. The first-order valence-electron chi connectivity index (χ1n) is 24.1. The van der Waals surface area contributed by atoms with E-state index >= 15 is 0 Å². The molecule has 0 fully saturated rings. The molecule has 15 nitrogen and oxygen atoms in total. The van der Waals surface area contributed by atoms with Crippen molar-refractivity contribution in [2.75, 3.05) is 66.4 Å². The van der Waals surface area contributed by atoms with Gasteiger partial charge in [0, 0.05) is 71.2 Å². The summed E-state index contributed by atoms with van der Waals surface area (Å²) in [5.74, 6) is -2.22. The molecule has 0 saturated carbocycles. The molecule has 0 saturated heterocycles. The first kappa shape index (κ1) is 61.8. The number of methoxy groups -OCH3 is 1. The van der Waals surface area contributed by atoms with Gasteiger partial charge >= 0.3 is 11.9 Å². The lowest BCUT2D eigenvalue weighted by atomic mass is 9.93. The summed E-state index contributed by atoms with van der Waals surface area (Å²) in [6, 6.07) is 0. The zero-order valence-electron chi connectivity index (χ0n) is 39.8. The highest BCUT2D eigenvalue weighted by Gasteiger charge is 2.22. The Hall–Kier alpha value is -3.27. The maximum absolute atomic E-state index is 12.3. The summed E-state index contributed by atoms with van der Waals surface area (Å²) in [5, 5.41) is 23.5. The van der Waals surface area contributed by atoms with Gasteiger partial charge in [0.05, 0.1) is 39.0 Å². The summed E-state index contributed by atoms with van der Waals surface area (Å²) in [5.41, 5.74) is 0. The van der Waals surface area contributed by atoms with Crippen LogP contribution in [0.15, 0.2) is 0 Å². The van der Waals surface area contributed by atoms with Crippen molar-refractivity contribution < 1.29 is 62.7 Å². The first-order valence-corrected chi connectivity index (χ1v) is 24.1. The van der Waals surface area contributed by atoms with Crippen LogP contribution < -0.4 is 10.6 Å².